The second-order valence-electron chi connectivity index (χ2n) is 5.79. The molecule has 1 N–H and O–H groups in total. The lowest BCUT2D eigenvalue weighted by Crippen LogP contribution is -2.36. The largest absolute Gasteiger partial charge is 0.483 e. The van der Waals surface area contributed by atoms with E-state index in [4.69, 9.17) is 4.74 Å². The Morgan fingerprint density at radius 2 is 1.78 bits per heavy atom. The van der Waals surface area contributed by atoms with Gasteiger partial charge in [-0.05, 0) is 24.5 Å². The van der Waals surface area contributed by atoms with Crippen molar-refractivity contribution in [3.63, 3.8) is 0 Å². The topological polar surface area (TPSA) is 49.8 Å². The summed E-state index contributed by atoms with van der Waals surface area (Å²) in [6, 6.07) is 17.6. The Morgan fingerprint density at radius 1 is 1.09 bits per heavy atom. The van der Waals surface area contributed by atoms with E-state index in [0.29, 0.717) is 23.9 Å². The Kier molecular flexibility index (Phi) is 4.93. The lowest BCUT2D eigenvalue weighted by atomic mass is 10.2. The first-order valence-corrected chi connectivity index (χ1v) is 7.93. The van der Waals surface area contributed by atoms with Crippen LogP contribution in [0.5, 0.6) is 5.75 Å². The van der Waals surface area contributed by atoms with E-state index in [1.807, 2.05) is 47.4 Å². The summed E-state index contributed by atoms with van der Waals surface area (Å²) < 4.78 is 5.64. The van der Waals surface area contributed by atoms with Crippen LogP contribution < -0.4 is 4.74 Å². The number of hydrogen-bond donors (Lipinski definition) is 1. The lowest BCUT2D eigenvalue weighted by Gasteiger charge is -2.23. The molecule has 0 aliphatic heterocycles. The van der Waals surface area contributed by atoms with Gasteiger partial charge in [-0.15, -0.1) is 0 Å². The molecule has 2 aromatic rings. The first-order chi connectivity index (χ1) is 11.3. The molecule has 1 aliphatic carbocycles. The molecule has 1 aliphatic rings. The SMILES string of the molecule is O=C(COc1ccccc1CO)N(Cc1ccccc1)C1CC1. The van der Waals surface area contributed by atoms with E-state index in [0.717, 1.165) is 18.4 Å². The van der Waals surface area contributed by atoms with Crippen LogP contribution in [-0.2, 0) is 17.9 Å². The van der Waals surface area contributed by atoms with Crippen LogP contribution in [0.1, 0.15) is 24.0 Å². The summed E-state index contributed by atoms with van der Waals surface area (Å²) in [5.41, 5.74) is 1.82. The predicted octanol–water partition coefficient (Wildman–Crippen LogP) is 2.75. The average Bonchev–Trinajstić information content (AvgIpc) is 3.43. The predicted molar refractivity (Wildman–Crippen MR) is 87.9 cm³/mol. The summed E-state index contributed by atoms with van der Waals surface area (Å²) in [6.07, 6.45) is 2.12. The van der Waals surface area contributed by atoms with Gasteiger partial charge in [0, 0.05) is 18.2 Å². The maximum Gasteiger partial charge on any atom is 0.261 e. The van der Waals surface area contributed by atoms with Crippen molar-refractivity contribution < 1.29 is 14.6 Å². The molecule has 0 spiro atoms. The number of aliphatic hydroxyl groups excluding tert-OH is 1. The van der Waals surface area contributed by atoms with Crippen LogP contribution >= 0.6 is 0 Å². The van der Waals surface area contributed by atoms with Crippen LogP contribution in [-0.4, -0.2) is 28.6 Å². The molecule has 3 rings (SSSR count). The summed E-state index contributed by atoms with van der Waals surface area (Å²) in [5.74, 6) is 0.558. The normalized spacial score (nSPS) is 13.6. The van der Waals surface area contributed by atoms with E-state index < -0.39 is 0 Å². The molecule has 0 bridgehead atoms. The van der Waals surface area contributed by atoms with Gasteiger partial charge in [0.1, 0.15) is 5.75 Å². The Hall–Kier alpha value is -2.33. The number of aliphatic hydroxyl groups is 1. The molecule has 120 valence electrons. The smallest absolute Gasteiger partial charge is 0.261 e. The van der Waals surface area contributed by atoms with Crippen LogP contribution in [0.4, 0.5) is 0 Å². The van der Waals surface area contributed by atoms with Crippen LogP contribution in [0.2, 0.25) is 0 Å². The van der Waals surface area contributed by atoms with Crippen LogP contribution in [0.25, 0.3) is 0 Å². The molecule has 0 heterocycles. The van der Waals surface area contributed by atoms with E-state index in [-0.39, 0.29) is 19.1 Å². The van der Waals surface area contributed by atoms with Gasteiger partial charge < -0.3 is 14.7 Å². The van der Waals surface area contributed by atoms with E-state index in [1.54, 1.807) is 12.1 Å². The first kappa shape index (κ1) is 15.6. The molecule has 0 unspecified atom stereocenters. The average molecular weight is 311 g/mol. The van der Waals surface area contributed by atoms with E-state index >= 15 is 0 Å². The molecule has 2 aromatic carbocycles. The minimum Gasteiger partial charge on any atom is -0.483 e. The van der Waals surface area contributed by atoms with Crippen molar-refractivity contribution in [1.82, 2.24) is 4.90 Å². The van der Waals surface area contributed by atoms with Gasteiger partial charge in [-0.25, -0.2) is 0 Å². The molecule has 23 heavy (non-hydrogen) atoms. The van der Waals surface area contributed by atoms with E-state index in [9.17, 15) is 9.90 Å². The molecule has 4 nitrogen and oxygen atoms in total. The number of ether oxygens (including phenoxy) is 1. The van der Waals surface area contributed by atoms with E-state index in [2.05, 4.69) is 0 Å². The van der Waals surface area contributed by atoms with Crippen molar-refractivity contribution in [3.8, 4) is 5.75 Å². The quantitative estimate of drug-likeness (QED) is 0.855. The van der Waals surface area contributed by atoms with Crippen molar-refractivity contribution in [2.45, 2.75) is 32.0 Å². The third-order valence-electron chi connectivity index (χ3n) is 4.00. The van der Waals surface area contributed by atoms with Gasteiger partial charge in [0.15, 0.2) is 6.61 Å². The molecular formula is C19H21NO3. The Bertz CT molecular complexity index is 653. The zero-order valence-corrected chi connectivity index (χ0v) is 13.0. The number of hydrogen-bond acceptors (Lipinski definition) is 3. The zero-order valence-electron chi connectivity index (χ0n) is 13.0. The van der Waals surface area contributed by atoms with Gasteiger partial charge >= 0.3 is 0 Å². The van der Waals surface area contributed by atoms with Gasteiger partial charge in [0.25, 0.3) is 5.91 Å². The molecular weight excluding hydrogens is 290 g/mol. The number of carbonyl (C=O) groups excluding carboxylic acids is 1. The Balaban J connectivity index is 1.63. The van der Waals surface area contributed by atoms with E-state index in [1.165, 1.54) is 0 Å². The highest BCUT2D eigenvalue weighted by atomic mass is 16.5. The molecule has 0 saturated heterocycles. The maximum absolute atomic E-state index is 12.5. The van der Waals surface area contributed by atoms with Crippen molar-refractivity contribution >= 4 is 5.91 Å². The van der Waals surface area contributed by atoms with Crippen molar-refractivity contribution in [1.29, 1.82) is 0 Å². The number of amides is 1. The molecule has 4 heteroatoms. The lowest BCUT2D eigenvalue weighted by molar-refractivity contribution is -0.134. The fourth-order valence-electron chi connectivity index (χ4n) is 2.58. The number of carbonyl (C=O) groups is 1. The number of nitrogens with zero attached hydrogens (tertiary/aromatic N) is 1. The Labute approximate surface area is 136 Å². The van der Waals surface area contributed by atoms with Crippen LogP contribution in [0, 0.1) is 0 Å². The number of rotatable bonds is 7. The highest BCUT2D eigenvalue weighted by molar-refractivity contribution is 5.78. The van der Waals surface area contributed by atoms with Crippen molar-refractivity contribution in [2.24, 2.45) is 0 Å². The van der Waals surface area contributed by atoms with Crippen LogP contribution in [0.15, 0.2) is 54.6 Å². The summed E-state index contributed by atoms with van der Waals surface area (Å²) in [7, 11) is 0. The molecule has 1 amide bonds. The summed E-state index contributed by atoms with van der Waals surface area (Å²) in [4.78, 5) is 14.4. The maximum atomic E-state index is 12.5. The summed E-state index contributed by atoms with van der Waals surface area (Å²) in [5, 5.41) is 9.31. The number of para-hydroxylation sites is 1. The Morgan fingerprint density at radius 3 is 2.48 bits per heavy atom. The third-order valence-corrected chi connectivity index (χ3v) is 4.00. The molecule has 1 fully saturated rings. The summed E-state index contributed by atoms with van der Waals surface area (Å²) >= 11 is 0. The molecule has 1 saturated carbocycles. The van der Waals surface area contributed by atoms with Gasteiger partial charge in [0.05, 0.1) is 6.61 Å². The number of benzene rings is 2. The second kappa shape index (κ2) is 7.29. The molecule has 0 aromatic heterocycles. The summed E-state index contributed by atoms with van der Waals surface area (Å²) in [6.45, 7) is 0.524. The van der Waals surface area contributed by atoms with Gasteiger partial charge in [-0.1, -0.05) is 48.5 Å². The van der Waals surface area contributed by atoms with Gasteiger partial charge in [-0.3, -0.25) is 4.79 Å². The molecule has 0 radical (unpaired) electrons. The molecule has 0 atom stereocenters. The third kappa shape index (κ3) is 4.11. The van der Waals surface area contributed by atoms with Gasteiger partial charge in [0.2, 0.25) is 0 Å². The van der Waals surface area contributed by atoms with Gasteiger partial charge in [-0.2, -0.15) is 0 Å². The second-order valence-corrected chi connectivity index (χ2v) is 5.79. The standard InChI is InChI=1S/C19H21NO3/c21-13-16-8-4-5-9-18(16)23-14-19(22)20(17-10-11-17)12-15-6-2-1-3-7-15/h1-9,17,21H,10-14H2. The minimum atomic E-state index is -0.0965. The fourth-order valence-corrected chi connectivity index (χ4v) is 2.58. The minimum absolute atomic E-state index is 0.000344. The first-order valence-electron chi connectivity index (χ1n) is 7.93. The highest BCUT2D eigenvalue weighted by Gasteiger charge is 2.32. The van der Waals surface area contributed by atoms with Crippen molar-refractivity contribution in [3.05, 3.63) is 65.7 Å². The van der Waals surface area contributed by atoms with Crippen molar-refractivity contribution in [2.75, 3.05) is 6.61 Å². The highest BCUT2D eigenvalue weighted by Crippen LogP contribution is 2.28. The van der Waals surface area contributed by atoms with Crippen LogP contribution in [0.3, 0.4) is 0 Å². The zero-order chi connectivity index (χ0) is 16.1. The monoisotopic (exact) mass is 311 g/mol. The fraction of sp³-hybridized carbons (Fsp3) is 0.316.